The van der Waals surface area contributed by atoms with Crippen molar-refractivity contribution >= 4 is 6.09 Å². The van der Waals surface area contributed by atoms with Gasteiger partial charge in [-0.3, -0.25) is 5.73 Å². The molecule has 0 bridgehead atoms. The third-order valence-corrected chi connectivity index (χ3v) is 4.52. The molecule has 1 saturated heterocycles. The van der Waals surface area contributed by atoms with Gasteiger partial charge in [0.1, 0.15) is 17.9 Å². The molecule has 1 fully saturated rings. The van der Waals surface area contributed by atoms with Crippen molar-refractivity contribution in [3.8, 4) is 6.07 Å². The summed E-state index contributed by atoms with van der Waals surface area (Å²) in [6.45, 7) is 8.50. The van der Waals surface area contributed by atoms with E-state index in [2.05, 4.69) is 0 Å². The van der Waals surface area contributed by atoms with E-state index in [0.29, 0.717) is 13.1 Å². The number of rotatable bonds is 4. The zero-order valence-electron chi connectivity index (χ0n) is 16.1. The first kappa shape index (κ1) is 20.2. The number of nitriles is 1. The number of benzene rings is 1. The fourth-order valence-electron chi connectivity index (χ4n) is 3.30. The highest BCUT2D eigenvalue weighted by atomic mass is 16.6. The minimum absolute atomic E-state index is 0.104. The topological polar surface area (TPSA) is 88.6 Å². The zero-order chi connectivity index (χ0) is 19.4. The van der Waals surface area contributed by atoms with Gasteiger partial charge in [-0.25, -0.2) is 4.79 Å². The van der Waals surface area contributed by atoms with Crippen molar-refractivity contribution in [1.82, 2.24) is 4.90 Å². The van der Waals surface area contributed by atoms with Crippen LogP contribution in [-0.2, 0) is 15.2 Å². The van der Waals surface area contributed by atoms with E-state index < -0.39 is 11.3 Å². The Hall–Kier alpha value is -2.10. The van der Waals surface area contributed by atoms with E-state index in [9.17, 15) is 4.79 Å². The average Bonchev–Trinajstić information content (AvgIpc) is 2.58. The second kappa shape index (κ2) is 8.07. The Balaban J connectivity index is 2.25. The summed E-state index contributed by atoms with van der Waals surface area (Å²) in [6.07, 6.45) is 1.29. The fraction of sp³-hybridized carbons (Fsp3) is 0.600. The number of hydrogen-bond donors (Lipinski definition) is 1. The van der Waals surface area contributed by atoms with Gasteiger partial charge in [-0.1, -0.05) is 29.8 Å². The Morgan fingerprint density at radius 3 is 2.77 bits per heavy atom. The second-order valence-electron chi connectivity index (χ2n) is 7.87. The zero-order valence-corrected chi connectivity index (χ0v) is 16.1. The van der Waals surface area contributed by atoms with Crippen LogP contribution < -0.4 is 5.73 Å². The predicted octanol–water partition coefficient (Wildman–Crippen LogP) is 3.29. The number of ether oxygens (including phenoxy) is 2. The van der Waals surface area contributed by atoms with E-state index in [1.807, 2.05) is 58.0 Å². The lowest BCUT2D eigenvalue weighted by atomic mass is 9.83. The highest BCUT2D eigenvalue weighted by molar-refractivity contribution is 5.68. The van der Waals surface area contributed by atoms with Crippen molar-refractivity contribution in [2.75, 3.05) is 19.7 Å². The van der Waals surface area contributed by atoms with Crippen molar-refractivity contribution in [2.24, 2.45) is 11.7 Å². The Labute approximate surface area is 155 Å². The summed E-state index contributed by atoms with van der Waals surface area (Å²) in [6, 6.07) is 9.81. The van der Waals surface area contributed by atoms with Crippen LogP contribution in [0.3, 0.4) is 0 Å². The van der Waals surface area contributed by atoms with E-state index in [1.165, 1.54) is 0 Å². The predicted molar refractivity (Wildman–Crippen MR) is 99.1 cm³/mol. The highest BCUT2D eigenvalue weighted by Gasteiger charge is 2.42. The highest BCUT2D eigenvalue weighted by Crippen LogP contribution is 2.35. The van der Waals surface area contributed by atoms with Crippen LogP contribution in [0.15, 0.2) is 24.3 Å². The summed E-state index contributed by atoms with van der Waals surface area (Å²) >= 11 is 0. The van der Waals surface area contributed by atoms with Crippen LogP contribution in [0.1, 0.15) is 44.7 Å². The van der Waals surface area contributed by atoms with E-state index in [4.69, 9.17) is 20.5 Å². The van der Waals surface area contributed by atoms with Crippen molar-refractivity contribution < 1.29 is 14.3 Å². The molecule has 1 amide bonds. The molecule has 0 aliphatic carbocycles. The lowest BCUT2D eigenvalue weighted by Crippen LogP contribution is -2.54. The molecule has 0 radical (unpaired) electrons. The molecule has 0 aromatic heterocycles. The van der Waals surface area contributed by atoms with Gasteiger partial charge in [0, 0.05) is 19.0 Å². The SMILES string of the molecule is Cc1cccc(C(N)(OCC#N)C2CCCN(C(=O)OC(C)(C)C)C2)c1. The molecular weight excluding hydrogens is 330 g/mol. The number of piperidine rings is 1. The number of carbonyl (C=O) groups is 1. The third-order valence-electron chi connectivity index (χ3n) is 4.52. The molecule has 1 aromatic rings. The van der Waals surface area contributed by atoms with Gasteiger partial charge in [0.15, 0.2) is 0 Å². The smallest absolute Gasteiger partial charge is 0.410 e. The molecule has 142 valence electrons. The van der Waals surface area contributed by atoms with Gasteiger partial charge in [0.05, 0.1) is 6.07 Å². The minimum Gasteiger partial charge on any atom is -0.444 e. The van der Waals surface area contributed by atoms with E-state index >= 15 is 0 Å². The molecule has 1 aliphatic heterocycles. The maximum Gasteiger partial charge on any atom is 0.410 e. The molecule has 1 aliphatic rings. The van der Waals surface area contributed by atoms with Crippen LogP contribution in [-0.4, -0.2) is 36.3 Å². The quantitative estimate of drug-likeness (QED) is 0.833. The maximum absolute atomic E-state index is 12.5. The number of carbonyl (C=O) groups excluding carboxylic acids is 1. The lowest BCUT2D eigenvalue weighted by molar-refractivity contribution is -0.0954. The number of nitrogens with two attached hydrogens (primary N) is 1. The Kier molecular flexibility index (Phi) is 6.27. The molecule has 2 atom stereocenters. The molecule has 2 N–H and O–H groups in total. The Morgan fingerprint density at radius 1 is 1.42 bits per heavy atom. The first-order valence-corrected chi connectivity index (χ1v) is 9.00. The molecular formula is C20H29N3O3. The van der Waals surface area contributed by atoms with Crippen molar-refractivity contribution in [1.29, 1.82) is 5.26 Å². The first-order chi connectivity index (χ1) is 12.2. The summed E-state index contributed by atoms with van der Waals surface area (Å²) in [5.74, 6) is -0.126. The van der Waals surface area contributed by atoms with Gasteiger partial charge in [0.2, 0.25) is 0 Å². The van der Waals surface area contributed by atoms with E-state index in [1.54, 1.807) is 4.90 Å². The number of likely N-dealkylation sites (tertiary alicyclic amines) is 1. The molecule has 2 unspecified atom stereocenters. The number of amides is 1. The van der Waals surface area contributed by atoms with E-state index in [-0.39, 0.29) is 18.6 Å². The van der Waals surface area contributed by atoms with Gasteiger partial charge in [-0.05, 0) is 46.1 Å². The second-order valence-corrected chi connectivity index (χ2v) is 7.87. The summed E-state index contributed by atoms with van der Waals surface area (Å²) in [5, 5.41) is 8.98. The molecule has 0 saturated carbocycles. The molecule has 6 nitrogen and oxygen atoms in total. The van der Waals surface area contributed by atoms with Crippen LogP contribution >= 0.6 is 0 Å². The Morgan fingerprint density at radius 2 is 2.15 bits per heavy atom. The summed E-state index contributed by atoms with van der Waals surface area (Å²) in [7, 11) is 0. The maximum atomic E-state index is 12.5. The van der Waals surface area contributed by atoms with Gasteiger partial charge >= 0.3 is 6.09 Å². The van der Waals surface area contributed by atoms with Crippen LogP contribution in [0.25, 0.3) is 0 Å². The average molecular weight is 359 g/mol. The molecule has 6 heteroatoms. The normalized spacial score (nSPS) is 20.2. The van der Waals surface area contributed by atoms with Crippen molar-refractivity contribution in [3.05, 3.63) is 35.4 Å². The lowest BCUT2D eigenvalue weighted by Gasteiger charge is -2.43. The monoisotopic (exact) mass is 359 g/mol. The molecule has 1 aromatic carbocycles. The Bertz CT molecular complexity index is 678. The van der Waals surface area contributed by atoms with Crippen LogP contribution in [0, 0.1) is 24.2 Å². The molecule has 2 rings (SSSR count). The van der Waals surface area contributed by atoms with Crippen LogP contribution in [0.4, 0.5) is 4.79 Å². The van der Waals surface area contributed by atoms with Crippen molar-refractivity contribution in [2.45, 2.75) is 51.9 Å². The van der Waals surface area contributed by atoms with Crippen molar-refractivity contribution in [3.63, 3.8) is 0 Å². The number of nitrogens with zero attached hydrogens (tertiary/aromatic N) is 2. The molecule has 1 heterocycles. The largest absolute Gasteiger partial charge is 0.444 e. The number of aryl methyl sites for hydroxylation is 1. The van der Waals surface area contributed by atoms with Crippen LogP contribution in [0.2, 0.25) is 0 Å². The standard InChI is InChI=1S/C20H29N3O3/c1-15-7-5-8-16(13-15)20(22,25-12-10-21)17-9-6-11-23(14-17)18(24)26-19(2,3)4/h5,7-8,13,17H,6,9,11-12,14,22H2,1-4H3. The van der Waals surface area contributed by atoms with Gasteiger partial charge in [-0.15, -0.1) is 0 Å². The van der Waals surface area contributed by atoms with Gasteiger partial charge in [-0.2, -0.15) is 5.26 Å². The van der Waals surface area contributed by atoms with E-state index in [0.717, 1.165) is 24.0 Å². The fourth-order valence-corrected chi connectivity index (χ4v) is 3.30. The summed E-state index contributed by atoms with van der Waals surface area (Å²) in [4.78, 5) is 14.1. The van der Waals surface area contributed by atoms with Crippen LogP contribution in [0.5, 0.6) is 0 Å². The summed E-state index contributed by atoms with van der Waals surface area (Å²) < 4.78 is 11.3. The minimum atomic E-state index is -1.12. The first-order valence-electron chi connectivity index (χ1n) is 9.00. The molecule has 26 heavy (non-hydrogen) atoms. The van der Waals surface area contributed by atoms with Gasteiger partial charge < -0.3 is 14.4 Å². The number of hydrogen-bond acceptors (Lipinski definition) is 5. The summed E-state index contributed by atoms with van der Waals surface area (Å²) in [5.41, 5.74) is 6.91. The van der Waals surface area contributed by atoms with Gasteiger partial charge in [0.25, 0.3) is 0 Å². The third kappa shape index (κ3) is 4.96. The molecule has 0 spiro atoms.